The minimum Gasteiger partial charge on any atom is -0.383 e. The zero-order valence-corrected chi connectivity index (χ0v) is 18.6. The largest absolute Gasteiger partial charge is 0.383 e. The zero-order valence-electron chi connectivity index (χ0n) is 17.8. The molecule has 168 valence electrons. The van der Waals surface area contributed by atoms with Crippen LogP contribution in [0.1, 0.15) is 38.5 Å². The summed E-state index contributed by atoms with van der Waals surface area (Å²) in [4.78, 5) is 16.3. The van der Waals surface area contributed by atoms with Crippen molar-refractivity contribution >= 4 is 27.2 Å². The molecule has 9 heteroatoms. The molecular weight excluding hydrogens is 409 g/mol. The van der Waals surface area contributed by atoms with Gasteiger partial charge >= 0.3 is 6.03 Å². The van der Waals surface area contributed by atoms with Gasteiger partial charge in [-0.25, -0.2) is 17.6 Å². The molecule has 2 amide bonds. The molecule has 1 aromatic rings. The molecule has 0 spiro atoms. The smallest absolute Gasteiger partial charge is 0.322 e. The van der Waals surface area contributed by atoms with Crippen LogP contribution >= 0.6 is 0 Å². The molecule has 7 nitrogen and oxygen atoms in total. The number of hydrogen-bond acceptors (Lipinski definition) is 5. The van der Waals surface area contributed by atoms with E-state index in [4.69, 9.17) is 4.74 Å². The van der Waals surface area contributed by atoms with Gasteiger partial charge in [-0.2, -0.15) is 0 Å². The Morgan fingerprint density at radius 1 is 1.20 bits per heavy atom. The third-order valence-electron chi connectivity index (χ3n) is 6.15. The lowest BCUT2D eigenvalue weighted by Gasteiger charge is -2.33. The topological polar surface area (TPSA) is 79.0 Å². The van der Waals surface area contributed by atoms with Crippen molar-refractivity contribution in [2.75, 3.05) is 49.0 Å². The summed E-state index contributed by atoms with van der Waals surface area (Å²) in [6.07, 6.45) is 6.09. The summed E-state index contributed by atoms with van der Waals surface area (Å²) in [6, 6.07) is 4.21. The Hall–Kier alpha value is -1.87. The van der Waals surface area contributed by atoms with E-state index in [1.54, 1.807) is 12.1 Å². The van der Waals surface area contributed by atoms with Gasteiger partial charge in [-0.1, -0.05) is 19.3 Å². The van der Waals surface area contributed by atoms with Crippen LogP contribution in [0.15, 0.2) is 18.2 Å². The van der Waals surface area contributed by atoms with Crippen molar-refractivity contribution in [3.63, 3.8) is 0 Å². The van der Waals surface area contributed by atoms with Gasteiger partial charge in [0.2, 0.25) is 0 Å². The average Bonchev–Trinajstić information content (AvgIpc) is 3.08. The highest BCUT2D eigenvalue weighted by molar-refractivity contribution is 7.91. The van der Waals surface area contributed by atoms with E-state index in [0.717, 1.165) is 12.8 Å². The molecule has 3 rings (SSSR count). The number of nitrogens with zero attached hydrogens (tertiary/aromatic N) is 2. The van der Waals surface area contributed by atoms with E-state index in [2.05, 4.69) is 5.32 Å². The first-order chi connectivity index (χ1) is 14.3. The summed E-state index contributed by atoms with van der Waals surface area (Å²) in [7, 11) is 0.310. The van der Waals surface area contributed by atoms with Crippen LogP contribution in [0.4, 0.5) is 20.6 Å². The number of ether oxygens (including phenoxy) is 1. The number of halogens is 1. The van der Waals surface area contributed by atoms with Gasteiger partial charge < -0.3 is 19.9 Å². The van der Waals surface area contributed by atoms with E-state index in [-0.39, 0.29) is 23.9 Å². The quantitative estimate of drug-likeness (QED) is 0.703. The molecule has 0 aromatic heterocycles. The van der Waals surface area contributed by atoms with E-state index in [0.29, 0.717) is 30.4 Å². The van der Waals surface area contributed by atoms with Gasteiger partial charge in [0.1, 0.15) is 5.82 Å². The lowest BCUT2D eigenvalue weighted by atomic mass is 9.94. The minimum absolute atomic E-state index is 0.0520. The van der Waals surface area contributed by atoms with Crippen molar-refractivity contribution < 1.29 is 22.3 Å². The standard InChI is InChI=1S/C21H32FN3O4S/c1-24(17-6-4-3-5-7-17)20-9-8-16(14-19(20)22)23-21(26)25(11-12-29-2)18-10-13-30(27,28)15-18/h8-9,14,17-18H,3-7,10-13,15H2,1-2H3,(H,23,26)/t18-/m0/s1. The fourth-order valence-electron chi connectivity index (χ4n) is 4.39. The summed E-state index contributed by atoms with van der Waals surface area (Å²) in [5.74, 6) is -0.359. The number of hydrogen-bond donors (Lipinski definition) is 1. The Balaban J connectivity index is 1.69. The van der Waals surface area contributed by atoms with Gasteiger partial charge in [-0.3, -0.25) is 0 Å². The fraction of sp³-hybridized carbons (Fsp3) is 0.667. The Morgan fingerprint density at radius 3 is 2.53 bits per heavy atom. The molecule has 1 saturated carbocycles. The van der Waals surface area contributed by atoms with Crippen molar-refractivity contribution in [3.8, 4) is 0 Å². The Bertz CT molecular complexity index is 843. The maximum Gasteiger partial charge on any atom is 0.322 e. The Morgan fingerprint density at radius 2 is 1.93 bits per heavy atom. The number of sulfone groups is 1. The van der Waals surface area contributed by atoms with Crippen LogP contribution in [0, 0.1) is 5.82 Å². The van der Waals surface area contributed by atoms with Crippen LogP contribution in [0.5, 0.6) is 0 Å². The van der Waals surface area contributed by atoms with Crippen LogP contribution in [0.25, 0.3) is 0 Å². The highest BCUT2D eigenvalue weighted by Crippen LogP contribution is 2.29. The number of urea groups is 1. The summed E-state index contributed by atoms with van der Waals surface area (Å²) in [5.41, 5.74) is 0.875. The average molecular weight is 442 g/mol. The Kier molecular flexibility index (Phi) is 7.57. The first-order valence-corrected chi connectivity index (χ1v) is 12.4. The van der Waals surface area contributed by atoms with Crippen LogP contribution < -0.4 is 10.2 Å². The van der Waals surface area contributed by atoms with Crippen molar-refractivity contribution in [1.29, 1.82) is 0 Å². The molecule has 2 aliphatic rings. The maximum atomic E-state index is 14.8. The fourth-order valence-corrected chi connectivity index (χ4v) is 6.12. The third-order valence-corrected chi connectivity index (χ3v) is 7.90. The van der Waals surface area contributed by atoms with Crippen molar-refractivity contribution in [1.82, 2.24) is 4.90 Å². The van der Waals surface area contributed by atoms with Gasteiger partial charge in [0.15, 0.2) is 9.84 Å². The highest BCUT2D eigenvalue weighted by Gasteiger charge is 2.34. The van der Waals surface area contributed by atoms with E-state index in [1.165, 1.54) is 37.3 Å². The molecule has 1 heterocycles. The number of carbonyl (C=O) groups is 1. The second-order valence-electron chi connectivity index (χ2n) is 8.24. The molecule has 0 unspecified atom stereocenters. The summed E-state index contributed by atoms with van der Waals surface area (Å²) < 4.78 is 43.5. The van der Waals surface area contributed by atoms with E-state index in [9.17, 15) is 17.6 Å². The van der Waals surface area contributed by atoms with E-state index < -0.39 is 21.9 Å². The van der Waals surface area contributed by atoms with Crippen LogP contribution in [-0.4, -0.2) is 70.2 Å². The molecule has 1 atom stereocenters. The van der Waals surface area contributed by atoms with Gasteiger partial charge in [-0.15, -0.1) is 0 Å². The summed E-state index contributed by atoms with van der Waals surface area (Å²) >= 11 is 0. The number of anilines is 2. The number of methoxy groups -OCH3 is 1. The highest BCUT2D eigenvalue weighted by atomic mass is 32.2. The first kappa shape index (κ1) is 22.8. The number of carbonyl (C=O) groups excluding carboxylic acids is 1. The first-order valence-electron chi connectivity index (χ1n) is 10.6. The monoisotopic (exact) mass is 441 g/mol. The number of nitrogens with one attached hydrogen (secondary N) is 1. The zero-order chi connectivity index (χ0) is 21.7. The summed E-state index contributed by atoms with van der Waals surface area (Å²) in [6.45, 7) is 0.566. The second kappa shape index (κ2) is 9.96. The number of benzene rings is 1. The minimum atomic E-state index is -3.13. The van der Waals surface area contributed by atoms with E-state index in [1.807, 2.05) is 11.9 Å². The van der Waals surface area contributed by atoms with Crippen LogP contribution in [0.3, 0.4) is 0 Å². The van der Waals surface area contributed by atoms with Gasteiger partial charge in [0, 0.05) is 38.5 Å². The van der Waals surface area contributed by atoms with Gasteiger partial charge in [0.05, 0.1) is 23.8 Å². The number of amides is 2. The number of rotatable bonds is 7. The molecule has 2 fully saturated rings. The molecule has 1 aromatic carbocycles. The molecule has 0 radical (unpaired) electrons. The van der Waals surface area contributed by atoms with E-state index >= 15 is 0 Å². The predicted molar refractivity (Wildman–Crippen MR) is 116 cm³/mol. The third kappa shape index (κ3) is 5.63. The molecule has 1 aliphatic heterocycles. The van der Waals surface area contributed by atoms with Gasteiger partial charge in [-0.05, 0) is 37.5 Å². The van der Waals surface area contributed by atoms with Crippen molar-refractivity contribution in [2.24, 2.45) is 0 Å². The van der Waals surface area contributed by atoms with Crippen LogP contribution in [-0.2, 0) is 14.6 Å². The molecule has 1 N–H and O–H groups in total. The maximum absolute atomic E-state index is 14.8. The SMILES string of the molecule is COCCN(C(=O)Nc1ccc(N(C)C2CCCCC2)c(F)c1)[C@H]1CCS(=O)(=O)C1. The molecule has 1 saturated heterocycles. The molecule has 1 aliphatic carbocycles. The molecule has 0 bridgehead atoms. The normalized spacial score (nSPS) is 21.4. The lowest BCUT2D eigenvalue weighted by Crippen LogP contribution is -2.45. The summed E-state index contributed by atoms with van der Waals surface area (Å²) in [5, 5.41) is 2.72. The lowest BCUT2D eigenvalue weighted by molar-refractivity contribution is 0.140. The van der Waals surface area contributed by atoms with Crippen molar-refractivity contribution in [3.05, 3.63) is 24.0 Å². The predicted octanol–water partition coefficient (Wildman–Crippen LogP) is 3.26. The Labute approximate surface area is 178 Å². The van der Waals surface area contributed by atoms with Crippen molar-refractivity contribution in [2.45, 2.75) is 50.6 Å². The molecular formula is C21H32FN3O4S. The van der Waals surface area contributed by atoms with Gasteiger partial charge in [0.25, 0.3) is 0 Å². The van der Waals surface area contributed by atoms with Crippen LogP contribution in [0.2, 0.25) is 0 Å². The second-order valence-corrected chi connectivity index (χ2v) is 10.5. The molecule has 30 heavy (non-hydrogen) atoms.